The molecule has 0 spiro atoms. The zero-order valence-corrected chi connectivity index (χ0v) is 22.1. The first-order valence-electron chi connectivity index (χ1n) is 11.0. The minimum Gasteiger partial charge on any atom is -0.507 e. The number of rotatable bonds is 7. The van der Waals surface area contributed by atoms with E-state index in [2.05, 4.69) is 20.8 Å². The summed E-state index contributed by atoms with van der Waals surface area (Å²) in [6, 6.07) is 8.16. The predicted octanol–water partition coefficient (Wildman–Crippen LogP) is 5.38. The highest BCUT2D eigenvalue weighted by Gasteiger charge is 2.46. The van der Waals surface area contributed by atoms with Crippen LogP contribution in [0.25, 0.3) is 5.76 Å². The van der Waals surface area contributed by atoms with Gasteiger partial charge in [0.1, 0.15) is 10.8 Å². The molecule has 35 heavy (non-hydrogen) atoms. The monoisotopic (exact) mass is 521 g/mol. The number of likely N-dealkylation sites (tertiary alicyclic amines) is 1. The number of hydrogen-bond donors (Lipinski definition) is 1. The maximum Gasteiger partial charge on any atom is 0.295 e. The van der Waals surface area contributed by atoms with Crippen molar-refractivity contribution in [3.05, 3.63) is 62.6 Å². The fourth-order valence-electron chi connectivity index (χ4n) is 4.10. The number of carbonyl (C=O) groups is 2. The van der Waals surface area contributed by atoms with Gasteiger partial charge in [-0.25, -0.2) is 0 Å². The van der Waals surface area contributed by atoms with Gasteiger partial charge in [0.2, 0.25) is 0 Å². The number of aliphatic hydroxyl groups excluding tert-OH is 1. The second-order valence-electron chi connectivity index (χ2n) is 9.14. The van der Waals surface area contributed by atoms with Crippen molar-refractivity contribution in [1.82, 2.24) is 4.90 Å². The molecule has 2 aromatic carbocycles. The van der Waals surface area contributed by atoms with E-state index in [9.17, 15) is 14.7 Å². The second-order valence-corrected chi connectivity index (χ2v) is 9.93. The van der Waals surface area contributed by atoms with Crippen molar-refractivity contribution in [2.45, 2.75) is 32.2 Å². The molecule has 1 atom stereocenters. The first kappa shape index (κ1) is 26.9. The molecule has 1 N–H and O–H groups in total. The van der Waals surface area contributed by atoms with Crippen LogP contribution in [0, 0.1) is 0 Å². The maximum atomic E-state index is 13.2. The third-order valence-electron chi connectivity index (χ3n) is 5.96. The first-order valence-corrected chi connectivity index (χ1v) is 11.7. The van der Waals surface area contributed by atoms with Crippen molar-refractivity contribution in [2.24, 2.45) is 0 Å². The summed E-state index contributed by atoms with van der Waals surface area (Å²) >= 11 is 12.7. The molecule has 0 saturated carbocycles. The summed E-state index contributed by atoms with van der Waals surface area (Å²) < 4.78 is 15.8. The van der Waals surface area contributed by atoms with Crippen LogP contribution >= 0.6 is 23.2 Å². The van der Waals surface area contributed by atoms with Gasteiger partial charge in [0.25, 0.3) is 11.7 Å². The molecule has 3 rings (SSSR count). The molecule has 1 aliphatic heterocycles. The Balaban J connectivity index is 2.26. The van der Waals surface area contributed by atoms with Crippen molar-refractivity contribution >= 4 is 40.7 Å². The number of aliphatic hydroxyl groups is 1. The number of halogens is 2. The molecule has 1 saturated heterocycles. The number of benzene rings is 2. The van der Waals surface area contributed by atoms with Crippen LogP contribution in [0.2, 0.25) is 10.0 Å². The van der Waals surface area contributed by atoms with Gasteiger partial charge >= 0.3 is 0 Å². The number of Topliss-reactive ketones (excluding diaryl/α,β-unsaturated/α-hetero) is 1. The van der Waals surface area contributed by atoms with Crippen LogP contribution in [0.4, 0.5) is 0 Å². The lowest BCUT2D eigenvalue weighted by molar-refractivity contribution is -0.140. The largest absolute Gasteiger partial charge is 0.507 e. The predicted molar refractivity (Wildman–Crippen MR) is 136 cm³/mol. The van der Waals surface area contributed by atoms with E-state index in [0.29, 0.717) is 5.56 Å². The molecule has 1 amide bonds. The Kier molecular flexibility index (Phi) is 8.04. The molecular formula is C26H29Cl2NO6. The van der Waals surface area contributed by atoms with Crippen molar-refractivity contribution in [3.63, 3.8) is 0 Å². The third-order valence-corrected chi connectivity index (χ3v) is 6.59. The lowest BCUT2D eigenvalue weighted by atomic mass is 9.85. The molecule has 1 fully saturated rings. The highest BCUT2D eigenvalue weighted by Crippen LogP contribution is 2.47. The lowest BCUT2D eigenvalue weighted by Crippen LogP contribution is -2.32. The van der Waals surface area contributed by atoms with Gasteiger partial charge in [-0.05, 0) is 22.6 Å². The summed E-state index contributed by atoms with van der Waals surface area (Å²) in [6.45, 7) is 6.65. The second kappa shape index (κ2) is 10.5. The Bertz CT molecular complexity index is 1170. The zero-order valence-electron chi connectivity index (χ0n) is 20.6. The number of ketones is 1. The van der Waals surface area contributed by atoms with E-state index in [1.165, 1.54) is 32.3 Å². The zero-order chi connectivity index (χ0) is 26.1. The number of nitrogens with zero attached hydrogens (tertiary/aromatic N) is 1. The fourth-order valence-corrected chi connectivity index (χ4v) is 4.79. The Labute approximate surface area is 215 Å². The number of amides is 1. The van der Waals surface area contributed by atoms with E-state index in [1.807, 2.05) is 24.3 Å². The van der Waals surface area contributed by atoms with Crippen LogP contribution in [0.15, 0.2) is 35.9 Å². The number of hydrogen-bond acceptors (Lipinski definition) is 6. The lowest BCUT2D eigenvalue weighted by Gasteiger charge is -2.26. The molecule has 1 aliphatic rings. The molecule has 0 bridgehead atoms. The van der Waals surface area contributed by atoms with E-state index in [1.54, 1.807) is 0 Å². The number of methoxy groups -OCH3 is 3. The van der Waals surface area contributed by atoms with Gasteiger partial charge in [0.05, 0.1) is 43.0 Å². The Morgan fingerprint density at radius 2 is 1.63 bits per heavy atom. The molecule has 9 heteroatoms. The fraction of sp³-hybridized carbons (Fsp3) is 0.385. The van der Waals surface area contributed by atoms with Gasteiger partial charge in [-0.15, -0.1) is 0 Å². The van der Waals surface area contributed by atoms with Crippen molar-refractivity contribution in [3.8, 4) is 11.5 Å². The summed E-state index contributed by atoms with van der Waals surface area (Å²) in [5.74, 6) is -1.78. The summed E-state index contributed by atoms with van der Waals surface area (Å²) in [4.78, 5) is 27.6. The average Bonchev–Trinajstić information content (AvgIpc) is 3.06. The standard InChI is InChI=1S/C26H29Cl2NO6/c1-26(2,3)15-9-7-14(8-10-15)20-18(22(31)25(32)29(20)11-12-33-4)21(30)16-13-17(27)24(35-6)19(28)23(16)34-5/h7-10,13,20,30H,11-12H2,1-6H3/b21-18+. The Morgan fingerprint density at radius 1 is 1.03 bits per heavy atom. The minimum atomic E-state index is -0.844. The molecule has 188 valence electrons. The first-order chi connectivity index (χ1) is 16.5. The average molecular weight is 522 g/mol. The highest BCUT2D eigenvalue weighted by atomic mass is 35.5. The van der Waals surface area contributed by atoms with Gasteiger partial charge in [-0.2, -0.15) is 0 Å². The quantitative estimate of drug-likeness (QED) is 0.299. The summed E-state index contributed by atoms with van der Waals surface area (Å²) in [6.07, 6.45) is 0. The van der Waals surface area contributed by atoms with E-state index >= 15 is 0 Å². The van der Waals surface area contributed by atoms with Crippen molar-refractivity contribution in [2.75, 3.05) is 34.5 Å². The minimum absolute atomic E-state index is 0.0312. The van der Waals surface area contributed by atoms with Crippen LogP contribution in [0.1, 0.15) is 43.5 Å². The topological polar surface area (TPSA) is 85.3 Å². The molecule has 0 aromatic heterocycles. The van der Waals surface area contributed by atoms with Crippen molar-refractivity contribution < 1.29 is 28.9 Å². The maximum absolute atomic E-state index is 13.2. The van der Waals surface area contributed by atoms with Crippen LogP contribution in [-0.4, -0.2) is 56.2 Å². The van der Waals surface area contributed by atoms with E-state index < -0.39 is 23.5 Å². The van der Waals surface area contributed by atoms with Gasteiger partial charge in [0.15, 0.2) is 11.5 Å². The van der Waals surface area contributed by atoms with Crippen LogP contribution in [0.3, 0.4) is 0 Å². The van der Waals surface area contributed by atoms with Gasteiger partial charge in [-0.1, -0.05) is 68.2 Å². The van der Waals surface area contributed by atoms with Gasteiger partial charge < -0.3 is 24.2 Å². The molecule has 2 aromatic rings. The van der Waals surface area contributed by atoms with E-state index in [0.717, 1.165) is 5.56 Å². The van der Waals surface area contributed by atoms with Gasteiger partial charge in [0, 0.05) is 13.7 Å². The smallest absolute Gasteiger partial charge is 0.295 e. The van der Waals surface area contributed by atoms with Crippen LogP contribution < -0.4 is 9.47 Å². The Hall–Kier alpha value is -2.74. The molecule has 0 aliphatic carbocycles. The van der Waals surface area contributed by atoms with Crippen molar-refractivity contribution in [1.29, 1.82) is 0 Å². The third kappa shape index (κ3) is 4.99. The van der Waals surface area contributed by atoms with E-state index in [4.69, 9.17) is 37.4 Å². The summed E-state index contributed by atoms with van der Waals surface area (Å²) in [5, 5.41) is 11.5. The normalized spacial score (nSPS) is 17.7. The van der Waals surface area contributed by atoms with Crippen LogP contribution in [0.5, 0.6) is 11.5 Å². The summed E-state index contributed by atoms with van der Waals surface area (Å²) in [5.41, 5.74) is 1.65. The number of carbonyl (C=O) groups excluding carboxylic acids is 2. The Morgan fingerprint density at radius 3 is 2.14 bits per heavy atom. The molecule has 0 radical (unpaired) electrons. The van der Waals surface area contributed by atoms with Crippen LogP contribution in [-0.2, 0) is 19.7 Å². The number of ether oxygens (including phenoxy) is 3. The molecular weight excluding hydrogens is 493 g/mol. The summed E-state index contributed by atoms with van der Waals surface area (Å²) in [7, 11) is 4.27. The van der Waals surface area contributed by atoms with Gasteiger partial charge in [-0.3, -0.25) is 9.59 Å². The molecule has 1 heterocycles. The highest BCUT2D eigenvalue weighted by molar-refractivity contribution is 6.47. The van der Waals surface area contributed by atoms with E-state index in [-0.39, 0.29) is 51.2 Å². The SMILES string of the molecule is COCCN1C(=O)C(=O)/C(=C(/O)c2cc(Cl)c(OC)c(Cl)c2OC)C1c1ccc(C(C)(C)C)cc1. The molecule has 1 unspecified atom stereocenters. The molecule has 7 nitrogen and oxygen atoms in total.